The van der Waals surface area contributed by atoms with Crippen molar-refractivity contribution in [1.82, 2.24) is 0 Å². The molecule has 0 unspecified atom stereocenters. The third-order valence-corrected chi connectivity index (χ3v) is 3.65. The van der Waals surface area contributed by atoms with Crippen LogP contribution in [0.3, 0.4) is 0 Å². The first kappa shape index (κ1) is 17.0. The molecule has 0 bridgehead atoms. The Morgan fingerprint density at radius 3 is 1.39 bits per heavy atom. The molecule has 0 heterocycles. The summed E-state index contributed by atoms with van der Waals surface area (Å²) < 4.78 is 5.83. The van der Waals surface area contributed by atoms with Gasteiger partial charge in [0.2, 0.25) is 0 Å². The summed E-state index contributed by atoms with van der Waals surface area (Å²) in [4.78, 5) is 0. The van der Waals surface area contributed by atoms with E-state index >= 15 is 0 Å². The predicted molar refractivity (Wildman–Crippen MR) is 94.4 cm³/mol. The molecule has 0 atom stereocenters. The summed E-state index contributed by atoms with van der Waals surface area (Å²) in [5.41, 5.74) is 4.20. The van der Waals surface area contributed by atoms with Crippen LogP contribution in [0.25, 0.3) is 11.1 Å². The van der Waals surface area contributed by atoms with Gasteiger partial charge in [-0.3, -0.25) is 0 Å². The third kappa shape index (κ3) is 4.81. The number of aliphatic hydroxyl groups excluding tert-OH is 2. The smallest absolute Gasteiger partial charge is 0.127 e. The average molecular weight is 310 g/mol. The fourth-order valence-corrected chi connectivity index (χ4v) is 2.22. The van der Waals surface area contributed by atoms with Gasteiger partial charge < -0.3 is 14.9 Å². The van der Waals surface area contributed by atoms with E-state index in [1.54, 1.807) is 12.2 Å². The summed E-state index contributed by atoms with van der Waals surface area (Å²) in [6.07, 6.45) is 3.55. The molecule has 0 saturated carbocycles. The van der Waals surface area contributed by atoms with E-state index in [1.807, 2.05) is 62.4 Å². The Balaban J connectivity index is 2.07. The number of hydrogen-bond donors (Lipinski definition) is 2. The topological polar surface area (TPSA) is 49.7 Å². The van der Waals surface area contributed by atoms with Crippen molar-refractivity contribution in [1.29, 1.82) is 0 Å². The summed E-state index contributed by atoms with van der Waals surface area (Å²) in [5, 5.41) is 17.8. The van der Waals surface area contributed by atoms with Crippen molar-refractivity contribution in [3.05, 3.63) is 71.8 Å². The maximum Gasteiger partial charge on any atom is 0.127 e. The lowest BCUT2D eigenvalue weighted by atomic mass is 10.1. The third-order valence-electron chi connectivity index (χ3n) is 3.65. The van der Waals surface area contributed by atoms with Gasteiger partial charge in [0.05, 0.1) is 13.2 Å². The summed E-state index contributed by atoms with van der Waals surface area (Å²) in [7, 11) is 0. The van der Waals surface area contributed by atoms with Crippen LogP contribution in [0.4, 0.5) is 0 Å². The van der Waals surface area contributed by atoms with Gasteiger partial charge in [-0.2, -0.15) is 0 Å². The highest BCUT2D eigenvalue weighted by atomic mass is 16.5. The summed E-state index contributed by atoms with van der Waals surface area (Å²) >= 11 is 0. The van der Waals surface area contributed by atoms with Crippen molar-refractivity contribution in [3.8, 4) is 11.5 Å². The van der Waals surface area contributed by atoms with E-state index in [2.05, 4.69) is 0 Å². The minimum atomic E-state index is 0.0422. The average Bonchev–Trinajstić information content (AvgIpc) is 2.56. The minimum Gasteiger partial charge on any atom is -0.457 e. The Morgan fingerprint density at radius 2 is 1.09 bits per heavy atom. The molecule has 2 aromatic carbocycles. The molecule has 0 fully saturated rings. The van der Waals surface area contributed by atoms with Gasteiger partial charge in [0.1, 0.15) is 11.5 Å². The van der Waals surface area contributed by atoms with Crippen LogP contribution in [-0.2, 0) is 0 Å². The van der Waals surface area contributed by atoms with Gasteiger partial charge in [-0.15, -0.1) is 0 Å². The fourth-order valence-electron chi connectivity index (χ4n) is 2.22. The van der Waals surface area contributed by atoms with Gasteiger partial charge in [0.25, 0.3) is 0 Å². The normalized spacial score (nSPS) is 12.3. The van der Waals surface area contributed by atoms with Gasteiger partial charge in [0, 0.05) is 0 Å². The monoisotopic (exact) mass is 310 g/mol. The second-order valence-corrected chi connectivity index (χ2v) is 5.29. The van der Waals surface area contributed by atoms with Crippen LogP contribution in [-0.4, -0.2) is 23.4 Å². The van der Waals surface area contributed by atoms with Crippen molar-refractivity contribution in [2.75, 3.05) is 13.2 Å². The van der Waals surface area contributed by atoms with Crippen molar-refractivity contribution in [2.24, 2.45) is 0 Å². The lowest BCUT2D eigenvalue weighted by Crippen LogP contribution is -1.87. The largest absolute Gasteiger partial charge is 0.457 e. The van der Waals surface area contributed by atoms with Crippen LogP contribution in [0, 0.1) is 0 Å². The molecule has 2 N–H and O–H groups in total. The van der Waals surface area contributed by atoms with Crippen LogP contribution in [0.1, 0.15) is 25.0 Å². The molecule has 0 aliphatic heterocycles. The molecular weight excluding hydrogens is 288 g/mol. The molecular formula is C20H22O3. The van der Waals surface area contributed by atoms with Gasteiger partial charge in [-0.1, -0.05) is 36.4 Å². The highest BCUT2D eigenvalue weighted by Crippen LogP contribution is 2.25. The molecule has 0 aliphatic rings. The molecule has 120 valence electrons. The van der Waals surface area contributed by atoms with Crippen molar-refractivity contribution >= 4 is 11.1 Å². The second-order valence-electron chi connectivity index (χ2n) is 5.29. The fraction of sp³-hybridized carbons (Fsp3) is 0.200. The van der Waals surface area contributed by atoms with Gasteiger partial charge >= 0.3 is 0 Å². The highest BCUT2D eigenvalue weighted by Gasteiger charge is 2.01. The van der Waals surface area contributed by atoms with E-state index in [1.165, 1.54) is 0 Å². The first-order chi connectivity index (χ1) is 11.1. The van der Waals surface area contributed by atoms with Crippen molar-refractivity contribution < 1.29 is 14.9 Å². The molecule has 2 aromatic rings. The van der Waals surface area contributed by atoms with Gasteiger partial charge in [-0.05, 0) is 60.4 Å². The van der Waals surface area contributed by atoms with Crippen molar-refractivity contribution in [3.63, 3.8) is 0 Å². The quantitative estimate of drug-likeness (QED) is 0.837. The van der Waals surface area contributed by atoms with E-state index in [4.69, 9.17) is 14.9 Å². The number of benzene rings is 2. The van der Waals surface area contributed by atoms with E-state index in [9.17, 15) is 0 Å². The van der Waals surface area contributed by atoms with Crippen molar-refractivity contribution in [2.45, 2.75) is 13.8 Å². The zero-order chi connectivity index (χ0) is 16.7. The standard InChI is InChI=1S/C20H22O3/c1-15(11-13-21)17-3-7-19(8-4-17)23-20-9-5-18(6-10-20)16(2)12-14-22/h3-12,21-22H,13-14H2,1-2H3. The molecule has 3 nitrogen and oxygen atoms in total. The SMILES string of the molecule is CC(=CCO)c1ccc(Oc2ccc(C(C)=CCO)cc2)cc1. The van der Waals surface area contributed by atoms with E-state index in [0.29, 0.717) is 0 Å². The number of ether oxygens (including phenoxy) is 1. The Morgan fingerprint density at radius 1 is 0.739 bits per heavy atom. The summed E-state index contributed by atoms with van der Waals surface area (Å²) in [5.74, 6) is 1.53. The molecule has 0 radical (unpaired) electrons. The lowest BCUT2D eigenvalue weighted by molar-refractivity contribution is 0.343. The van der Waals surface area contributed by atoms with E-state index in [-0.39, 0.29) is 13.2 Å². The van der Waals surface area contributed by atoms with Crippen LogP contribution < -0.4 is 4.74 Å². The van der Waals surface area contributed by atoms with E-state index < -0.39 is 0 Å². The first-order valence-corrected chi connectivity index (χ1v) is 7.58. The Labute approximate surface area is 137 Å². The van der Waals surface area contributed by atoms with Crippen LogP contribution in [0.15, 0.2) is 60.7 Å². The molecule has 0 saturated heterocycles. The molecule has 3 heteroatoms. The number of hydrogen-bond acceptors (Lipinski definition) is 3. The van der Waals surface area contributed by atoms with Crippen LogP contribution >= 0.6 is 0 Å². The second kappa shape index (κ2) is 8.32. The van der Waals surface area contributed by atoms with E-state index in [0.717, 1.165) is 33.8 Å². The zero-order valence-electron chi connectivity index (χ0n) is 13.5. The maximum absolute atomic E-state index is 8.92. The Kier molecular flexibility index (Phi) is 6.15. The van der Waals surface area contributed by atoms with Crippen LogP contribution in [0.2, 0.25) is 0 Å². The molecule has 0 aromatic heterocycles. The molecule has 23 heavy (non-hydrogen) atoms. The summed E-state index contributed by atoms with van der Waals surface area (Å²) in [6.45, 7) is 4.02. The minimum absolute atomic E-state index is 0.0422. The molecule has 0 aliphatic carbocycles. The zero-order valence-corrected chi connectivity index (χ0v) is 13.5. The maximum atomic E-state index is 8.92. The predicted octanol–water partition coefficient (Wildman–Crippen LogP) is 4.27. The molecule has 0 spiro atoms. The Bertz CT molecular complexity index is 618. The summed E-state index contributed by atoms with van der Waals surface area (Å²) in [6, 6.07) is 15.5. The van der Waals surface area contributed by atoms with Gasteiger partial charge in [-0.25, -0.2) is 0 Å². The lowest BCUT2D eigenvalue weighted by Gasteiger charge is -2.08. The molecule has 2 rings (SSSR count). The number of aliphatic hydroxyl groups is 2. The molecule has 0 amide bonds. The first-order valence-electron chi connectivity index (χ1n) is 7.58. The Hall–Kier alpha value is -2.36. The number of allylic oxidation sites excluding steroid dienone is 2. The number of rotatable bonds is 6. The van der Waals surface area contributed by atoms with Gasteiger partial charge in [0.15, 0.2) is 0 Å². The highest BCUT2D eigenvalue weighted by molar-refractivity contribution is 5.65. The van der Waals surface area contributed by atoms with Crippen LogP contribution in [0.5, 0.6) is 11.5 Å².